The van der Waals surface area contributed by atoms with Gasteiger partial charge in [0.1, 0.15) is 5.60 Å². The van der Waals surface area contributed by atoms with Crippen LogP contribution in [-0.2, 0) is 29.1 Å². The summed E-state index contributed by atoms with van der Waals surface area (Å²) >= 11 is 1.40. The van der Waals surface area contributed by atoms with Gasteiger partial charge in [0.2, 0.25) is 15.9 Å². The fraction of sp³-hybridized carbons (Fsp3) is 0.619. The lowest BCUT2D eigenvalue weighted by molar-refractivity contribution is -0.165. The summed E-state index contributed by atoms with van der Waals surface area (Å²) in [6.45, 7) is 12.3. The summed E-state index contributed by atoms with van der Waals surface area (Å²) in [4.78, 5) is 30.5. The lowest BCUT2D eigenvalue weighted by Gasteiger charge is -2.37. The number of sulfonamides is 1. The number of rotatable bonds is 20. The average molecular weight is 755 g/mol. The first kappa shape index (κ1) is 42.1. The molecule has 2 aromatic carbocycles. The molecule has 0 aromatic heterocycles. The lowest BCUT2D eigenvalue weighted by atomic mass is 9.83. The number of fused-ring (bicyclic) bond motifs is 3. The molecule has 288 valence electrons. The molecular formula is C42H62N2O6S2. The number of benzene rings is 2. The number of aliphatic hydroxyl groups excluding tert-OH is 1. The predicted molar refractivity (Wildman–Crippen MR) is 212 cm³/mol. The molecular weight excluding hydrogens is 693 g/mol. The first-order chi connectivity index (χ1) is 24.8. The van der Waals surface area contributed by atoms with Crippen LogP contribution in [0.1, 0.15) is 135 Å². The number of esters is 1. The van der Waals surface area contributed by atoms with E-state index in [1.165, 1.54) is 11.8 Å². The number of hydrogen-bond donors (Lipinski definition) is 2. The molecule has 1 fully saturated rings. The van der Waals surface area contributed by atoms with E-state index >= 15 is 4.79 Å². The summed E-state index contributed by atoms with van der Waals surface area (Å²) in [7, 11) is -3.26. The van der Waals surface area contributed by atoms with E-state index in [1.54, 1.807) is 4.90 Å². The third-order valence-corrected chi connectivity index (χ3v) is 13.3. The van der Waals surface area contributed by atoms with Crippen molar-refractivity contribution in [3.8, 4) is 0 Å². The van der Waals surface area contributed by atoms with Gasteiger partial charge in [0.15, 0.2) is 5.56 Å². The highest BCUT2D eigenvalue weighted by Gasteiger charge is 2.63. The fourth-order valence-corrected chi connectivity index (χ4v) is 10.8. The second kappa shape index (κ2) is 19.1. The van der Waals surface area contributed by atoms with E-state index in [1.807, 2.05) is 70.2 Å². The van der Waals surface area contributed by atoms with Crippen LogP contribution < -0.4 is 4.72 Å². The Morgan fingerprint density at radius 3 is 2.33 bits per heavy atom. The van der Waals surface area contributed by atoms with Crippen molar-refractivity contribution < 1.29 is 27.9 Å². The van der Waals surface area contributed by atoms with E-state index in [2.05, 4.69) is 42.8 Å². The van der Waals surface area contributed by atoms with E-state index in [0.717, 1.165) is 61.6 Å². The van der Waals surface area contributed by atoms with Crippen molar-refractivity contribution in [3.05, 3.63) is 83.4 Å². The second-order valence-electron chi connectivity index (χ2n) is 15.5. The van der Waals surface area contributed by atoms with E-state index in [0.29, 0.717) is 32.2 Å². The van der Waals surface area contributed by atoms with Crippen molar-refractivity contribution in [1.82, 2.24) is 9.62 Å². The molecule has 0 radical (unpaired) electrons. The Labute approximate surface area is 317 Å². The van der Waals surface area contributed by atoms with Crippen LogP contribution in [0.15, 0.2) is 66.7 Å². The highest BCUT2D eigenvalue weighted by molar-refractivity contribution is 8.01. The third-order valence-electron chi connectivity index (χ3n) is 10.3. The molecule has 10 heteroatoms. The minimum absolute atomic E-state index is 0.0548. The number of nitrogens with zero attached hydrogens (tertiary/aromatic N) is 1. The van der Waals surface area contributed by atoms with Gasteiger partial charge in [-0.05, 0) is 69.6 Å². The molecule has 1 aliphatic heterocycles. The van der Waals surface area contributed by atoms with Crippen LogP contribution in [0.2, 0.25) is 0 Å². The van der Waals surface area contributed by atoms with Crippen LogP contribution in [0.5, 0.6) is 0 Å². The monoisotopic (exact) mass is 754 g/mol. The van der Waals surface area contributed by atoms with Crippen molar-refractivity contribution in [1.29, 1.82) is 0 Å². The largest absolute Gasteiger partial charge is 0.460 e. The van der Waals surface area contributed by atoms with Gasteiger partial charge in [-0.25, -0.2) is 13.1 Å². The standard InChI is InChI=1S/C42H62N2O6S2/c1-7-9-10-21-29-43-52(48,49)30-22-14-12-11-13-18-27-34(35(23-8-2)39(46)50-41(4,5)6)38(45)44-37-31(3)33-26-19-20-28-36(33)42(37,51-40(44)47)32-24-16-15-17-25-32/h15-20,24-28,31,34-35,37,40,43,47H,7-14,21-23,29-30H2,1-6H3/b27-18+/t31?,34-,35+,37-,40?,42?/m0/s1. The summed E-state index contributed by atoms with van der Waals surface area (Å²) in [5, 5.41) is 11.8. The molecule has 1 saturated heterocycles. The molecule has 3 unspecified atom stereocenters. The molecule has 2 aliphatic rings. The Kier molecular flexibility index (Phi) is 15.4. The van der Waals surface area contributed by atoms with Gasteiger partial charge >= 0.3 is 5.97 Å². The number of amides is 1. The van der Waals surface area contributed by atoms with Crippen LogP contribution in [0.4, 0.5) is 0 Å². The Bertz CT molecular complexity index is 1590. The zero-order chi connectivity index (χ0) is 37.9. The molecule has 1 amide bonds. The number of carbonyl (C=O) groups is 2. The van der Waals surface area contributed by atoms with Gasteiger partial charge in [0.25, 0.3) is 0 Å². The Morgan fingerprint density at radius 2 is 1.63 bits per heavy atom. The number of allylic oxidation sites excluding steroid dienone is 1. The fourth-order valence-electron chi connectivity index (χ4n) is 7.87. The molecule has 1 heterocycles. The number of nitrogens with one attached hydrogen (secondary N) is 1. The minimum atomic E-state index is -3.26. The van der Waals surface area contributed by atoms with Crippen molar-refractivity contribution >= 4 is 33.7 Å². The number of carbonyl (C=O) groups excluding carboxylic acids is 2. The van der Waals surface area contributed by atoms with Crippen LogP contribution in [-0.4, -0.2) is 59.8 Å². The summed E-state index contributed by atoms with van der Waals surface area (Å²) < 4.78 is 32.7. The average Bonchev–Trinajstić information content (AvgIpc) is 3.54. The maximum absolute atomic E-state index is 15.0. The Hall–Kier alpha value is -2.66. The summed E-state index contributed by atoms with van der Waals surface area (Å²) in [6.07, 6.45) is 12.9. The van der Waals surface area contributed by atoms with Crippen molar-refractivity contribution in [2.45, 2.75) is 140 Å². The lowest BCUT2D eigenvalue weighted by Crippen LogP contribution is -2.50. The van der Waals surface area contributed by atoms with Crippen molar-refractivity contribution in [3.63, 3.8) is 0 Å². The zero-order valence-corrected chi connectivity index (χ0v) is 33.8. The molecule has 6 atom stereocenters. The molecule has 0 saturated carbocycles. The van der Waals surface area contributed by atoms with Gasteiger partial charge in [0, 0.05) is 12.5 Å². The predicted octanol–water partition coefficient (Wildman–Crippen LogP) is 8.65. The maximum Gasteiger partial charge on any atom is 0.310 e. The summed E-state index contributed by atoms with van der Waals surface area (Å²) in [5.74, 6) is -2.13. The number of hydrogen-bond acceptors (Lipinski definition) is 7. The SMILES string of the molecule is CCCCCCNS(=O)(=O)CCCCCC/C=C/[C@H](C(=O)N1C(O)SC2(c3ccccc3)c3ccccc3C(C)[C@H]12)[C@@H](CCC)C(=O)OC(C)(C)C. The van der Waals surface area contributed by atoms with Crippen LogP contribution in [0.25, 0.3) is 0 Å². The normalized spacial score (nSPS) is 22.7. The molecule has 2 N–H and O–H groups in total. The first-order valence-corrected chi connectivity index (χ1v) is 22.0. The van der Waals surface area contributed by atoms with E-state index in [4.69, 9.17) is 4.74 Å². The highest BCUT2D eigenvalue weighted by atomic mass is 32.2. The van der Waals surface area contributed by atoms with Gasteiger partial charge in [-0.2, -0.15) is 0 Å². The van der Waals surface area contributed by atoms with E-state index in [-0.39, 0.29) is 23.6 Å². The van der Waals surface area contributed by atoms with Gasteiger partial charge in [-0.15, -0.1) is 0 Å². The molecule has 4 rings (SSSR count). The second-order valence-corrected chi connectivity index (χ2v) is 18.7. The van der Waals surface area contributed by atoms with Gasteiger partial charge in [-0.1, -0.05) is 138 Å². The number of aliphatic hydroxyl groups is 1. The number of unbranched alkanes of at least 4 members (excludes halogenated alkanes) is 7. The van der Waals surface area contributed by atoms with Crippen molar-refractivity contribution in [2.75, 3.05) is 12.3 Å². The molecule has 0 spiro atoms. The zero-order valence-electron chi connectivity index (χ0n) is 32.2. The first-order valence-electron chi connectivity index (χ1n) is 19.5. The highest BCUT2D eigenvalue weighted by Crippen LogP contribution is 2.64. The molecule has 0 bridgehead atoms. The van der Waals surface area contributed by atoms with Crippen LogP contribution >= 0.6 is 11.8 Å². The number of thioether (sulfide) groups is 1. The number of ether oxygens (including phenoxy) is 1. The van der Waals surface area contributed by atoms with Gasteiger partial charge < -0.3 is 14.7 Å². The summed E-state index contributed by atoms with van der Waals surface area (Å²) in [5.41, 5.74) is 1.49. The summed E-state index contributed by atoms with van der Waals surface area (Å²) in [6, 6.07) is 18.1. The molecule has 52 heavy (non-hydrogen) atoms. The quantitative estimate of drug-likeness (QED) is 0.0791. The topological polar surface area (TPSA) is 113 Å². The smallest absolute Gasteiger partial charge is 0.310 e. The van der Waals surface area contributed by atoms with Gasteiger partial charge in [0.05, 0.1) is 28.4 Å². The Morgan fingerprint density at radius 1 is 0.962 bits per heavy atom. The molecule has 1 aliphatic carbocycles. The van der Waals surface area contributed by atoms with Crippen LogP contribution in [0, 0.1) is 11.8 Å². The Balaban J connectivity index is 1.52. The van der Waals surface area contributed by atoms with E-state index < -0.39 is 43.7 Å². The van der Waals surface area contributed by atoms with Gasteiger partial charge in [-0.3, -0.25) is 9.59 Å². The molecule has 8 nitrogen and oxygen atoms in total. The van der Waals surface area contributed by atoms with E-state index in [9.17, 15) is 18.3 Å². The van der Waals surface area contributed by atoms with Crippen molar-refractivity contribution in [2.24, 2.45) is 11.8 Å². The molecule has 2 aromatic rings. The third kappa shape index (κ3) is 10.3. The van der Waals surface area contributed by atoms with Crippen LogP contribution in [0.3, 0.4) is 0 Å². The maximum atomic E-state index is 15.0. The minimum Gasteiger partial charge on any atom is -0.460 e.